The SMILES string of the molecule is COc1ccc(CN(C)C(=O)c2ccc3c(=O)n4c(nc3c2)CCC4)cc1. The molecule has 0 bridgehead atoms. The van der Waals surface area contributed by atoms with Gasteiger partial charge in [-0.3, -0.25) is 14.2 Å². The lowest BCUT2D eigenvalue weighted by Crippen LogP contribution is -2.26. The van der Waals surface area contributed by atoms with Crippen LogP contribution in [0.15, 0.2) is 47.3 Å². The Labute approximate surface area is 157 Å². The third-order valence-corrected chi connectivity index (χ3v) is 4.99. The fourth-order valence-electron chi connectivity index (χ4n) is 3.51. The zero-order valence-corrected chi connectivity index (χ0v) is 15.4. The van der Waals surface area contributed by atoms with Crippen LogP contribution in [0.5, 0.6) is 5.75 Å². The van der Waals surface area contributed by atoms with Gasteiger partial charge < -0.3 is 9.64 Å². The van der Waals surface area contributed by atoms with Crippen LogP contribution in [-0.2, 0) is 19.5 Å². The van der Waals surface area contributed by atoms with Gasteiger partial charge in [-0.2, -0.15) is 0 Å². The summed E-state index contributed by atoms with van der Waals surface area (Å²) >= 11 is 0. The monoisotopic (exact) mass is 363 g/mol. The number of amides is 1. The van der Waals surface area contributed by atoms with Crippen LogP contribution in [0.3, 0.4) is 0 Å². The van der Waals surface area contributed by atoms with E-state index in [1.165, 1.54) is 0 Å². The van der Waals surface area contributed by atoms with Gasteiger partial charge in [-0.25, -0.2) is 4.98 Å². The first-order chi connectivity index (χ1) is 13.1. The summed E-state index contributed by atoms with van der Waals surface area (Å²) in [7, 11) is 3.39. The molecule has 0 saturated carbocycles. The Morgan fingerprint density at radius 1 is 1.22 bits per heavy atom. The number of aromatic nitrogens is 2. The van der Waals surface area contributed by atoms with Crippen molar-refractivity contribution >= 4 is 16.8 Å². The van der Waals surface area contributed by atoms with Gasteiger partial charge in [0.15, 0.2) is 0 Å². The molecule has 0 radical (unpaired) electrons. The maximum absolute atomic E-state index is 12.8. The van der Waals surface area contributed by atoms with E-state index >= 15 is 0 Å². The molecule has 0 atom stereocenters. The number of benzene rings is 2. The number of rotatable bonds is 4. The second-order valence-corrected chi connectivity index (χ2v) is 6.83. The maximum atomic E-state index is 12.8. The first-order valence-electron chi connectivity index (χ1n) is 8.98. The second kappa shape index (κ2) is 6.87. The highest BCUT2D eigenvalue weighted by Gasteiger charge is 2.18. The Balaban J connectivity index is 1.60. The Kier molecular flexibility index (Phi) is 4.39. The summed E-state index contributed by atoms with van der Waals surface area (Å²) in [5.41, 5.74) is 2.13. The Hall–Kier alpha value is -3.15. The predicted octanol–water partition coefficient (Wildman–Crippen LogP) is 2.62. The summed E-state index contributed by atoms with van der Waals surface area (Å²) in [4.78, 5) is 31.6. The molecule has 0 aliphatic carbocycles. The molecule has 138 valence electrons. The van der Waals surface area contributed by atoms with Crippen LogP contribution in [0.4, 0.5) is 0 Å². The van der Waals surface area contributed by atoms with Gasteiger partial charge >= 0.3 is 0 Å². The number of hydrogen-bond donors (Lipinski definition) is 0. The van der Waals surface area contributed by atoms with Crippen LogP contribution in [0.2, 0.25) is 0 Å². The topological polar surface area (TPSA) is 64.4 Å². The summed E-state index contributed by atoms with van der Waals surface area (Å²) in [6, 6.07) is 12.8. The van der Waals surface area contributed by atoms with E-state index < -0.39 is 0 Å². The highest BCUT2D eigenvalue weighted by molar-refractivity contribution is 5.97. The van der Waals surface area contributed by atoms with E-state index in [-0.39, 0.29) is 11.5 Å². The van der Waals surface area contributed by atoms with E-state index in [1.807, 2.05) is 24.3 Å². The molecular weight excluding hydrogens is 342 g/mol. The van der Waals surface area contributed by atoms with Gasteiger partial charge in [0.25, 0.3) is 11.5 Å². The van der Waals surface area contributed by atoms with E-state index in [0.29, 0.717) is 23.0 Å². The van der Waals surface area contributed by atoms with E-state index in [4.69, 9.17) is 4.74 Å². The van der Waals surface area contributed by atoms with E-state index in [1.54, 1.807) is 41.8 Å². The molecule has 2 heterocycles. The molecule has 1 amide bonds. The molecule has 6 heteroatoms. The van der Waals surface area contributed by atoms with Crippen LogP contribution in [0.25, 0.3) is 10.9 Å². The largest absolute Gasteiger partial charge is 0.497 e. The molecule has 4 rings (SSSR count). The number of hydrogen-bond acceptors (Lipinski definition) is 4. The van der Waals surface area contributed by atoms with E-state index in [0.717, 1.165) is 36.5 Å². The molecule has 6 nitrogen and oxygen atoms in total. The van der Waals surface area contributed by atoms with Crippen molar-refractivity contribution in [1.29, 1.82) is 0 Å². The number of ether oxygens (including phenoxy) is 1. The smallest absolute Gasteiger partial charge is 0.261 e. The van der Waals surface area contributed by atoms with Crippen molar-refractivity contribution in [3.05, 3.63) is 69.8 Å². The summed E-state index contributed by atoms with van der Waals surface area (Å²) in [5.74, 6) is 1.49. The van der Waals surface area contributed by atoms with Crippen LogP contribution < -0.4 is 10.3 Å². The lowest BCUT2D eigenvalue weighted by Gasteiger charge is -2.18. The van der Waals surface area contributed by atoms with Crippen molar-refractivity contribution in [2.75, 3.05) is 14.2 Å². The number of carbonyl (C=O) groups is 1. The van der Waals surface area contributed by atoms with Crippen molar-refractivity contribution in [1.82, 2.24) is 14.5 Å². The standard InChI is InChI=1S/C21H21N3O3/c1-23(13-14-5-8-16(27-2)9-6-14)20(25)15-7-10-17-18(12-15)22-19-4-3-11-24(19)21(17)26/h5-10,12H,3-4,11,13H2,1-2H3. The van der Waals surface area contributed by atoms with Crippen LogP contribution in [0, 0.1) is 0 Å². The zero-order valence-electron chi connectivity index (χ0n) is 15.4. The number of fused-ring (bicyclic) bond motifs is 2. The van der Waals surface area contributed by atoms with Gasteiger partial charge in [0.05, 0.1) is 18.0 Å². The number of aryl methyl sites for hydroxylation is 1. The fraction of sp³-hybridized carbons (Fsp3) is 0.286. The normalized spacial score (nSPS) is 12.8. The van der Waals surface area contributed by atoms with E-state index in [9.17, 15) is 9.59 Å². The number of methoxy groups -OCH3 is 1. The Morgan fingerprint density at radius 3 is 2.74 bits per heavy atom. The van der Waals surface area contributed by atoms with Gasteiger partial charge in [-0.1, -0.05) is 12.1 Å². The van der Waals surface area contributed by atoms with Gasteiger partial charge in [0.1, 0.15) is 11.6 Å². The molecule has 0 N–H and O–H groups in total. The van der Waals surface area contributed by atoms with Gasteiger partial charge in [-0.15, -0.1) is 0 Å². The molecule has 1 aliphatic heterocycles. The third kappa shape index (κ3) is 3.18. The minimum atomic E-state index is -0.102. The lowest BCUT2D eigenvalue weighted by atomic mass is 10.1. The minimum absolute atomic E-state index is 0.0157. The van der Waals surface area contributed by atoms with Crippen molar-refractivity contribution in [2.45, 2.75) is 25.9 Å². The number of nitrogens with zero attached hydrogens (tertiary/aromatic N) is 3. The first-order valence-corrected chi connectivity index (χ1v) is 8.98. The zero-order chi connectivity index (χ0) is 19.0. The second-order valence-electron chi connectivity index (χ2n) is 6.83. The highest BCUT2D eigenvalue weighted by atomic mass is 16.5. The predicted molar refractivity (Wildman–Crippen MR) is 103 cm³/mol. The van der Waals surface area contributed by atoms with Crippen molar-refractivity contribution in [3.8, 4) is 5.75 Å². The summed E-state index contributed by atoms with van der Waals surface area (Å²) in [6.07, 6.45) is 1.75. The third-order valence-electron chi connectivity index (χ3n) is 4.99. The molecule has 0 saturated heterocycles. The molecule has 0 unspecified atom stereocenters. The molecule has 0 spiro atoms. The van der Waals surface area contributed by atoms with Crippen molar-refractivity contribution in [3.63, 3.8) is 0 Å². The lowest BCUT2D eigenvalue weighted by molar-refractivity contribution is 0.0785. The summed E-state index contributed by atoms with van der Waals surface area (Å²) in [5, 5.41) is 0.565. The Bertz CT molecular complexity index is 1070. The van der Waals surface area contributed by atoms with E-state index in [2.05, 4.69) is 4.98 Å². The molecule has 1 aromatic heterocycles. The van der Waals surface area contributed by atoms with Gasteiger partial charge in [-0.05, 0) is 42.3 Å². The molecule has 27 heavy (non-hydrogen) atoms. The average molecular weight is 363 g/mol. The van der Waals surface area contributed by atoms with Crippen LogP contribution >= 0.6 is 0 Å². The fourth-order valence-corrected chi connectivity index (χ4v) is 3.51. The maximum Gasteiger partial charge on any atom is 0.261 e. The van der Waals surface area contributed by atoms with Crippen molar-refractivity contribution in [2.24, 2.45) is 0 Å². The van der Waals surface area contributed by atoms with Gasteiger partial charge in [0, 0.05) is 32.1 Å². The highest BCUT2D eigenvalue weighted by Crippen LogP contribution is 2.18. The molecule has 1 aliphatic rings. The average Bonchev–Trinajstić information content (AvgIpc) is 3.16. The molecule has 2 aromatic carbocycles. The molecule has 0 fully saturated rings. The quantitative estimate of drug-likeness (QED) is 0.715. The Morgan fingerprint density at radius 2 is 2.00 bits per heavy atom. The van der Waals surface area contributed by atoms with Crippen LogP contribution in [0.1, 0.15) is 28.2 Å². The summed E-state index contributed by atoms with van der Waals surface area (Å²) in [6.45, 7) is 1.21. The molecular formula is C21H21N3O3. The molecule has 3 aromatic rings. The van der Waals surface area contributed by atoms with Crippen molar-refractivity contribution < 1.29 is 9.53 Å². The number of carbonyl (C=O) groups excluding carboxylic acids is 1. The minimum Gasteiger partial charge on any atom is -0.497 e. The van der Waals surface area contributed by atoms with Gasteiger partial charge in [0.2, 0.25) is 0 Å². The van der Waals surface area contributed by atoms with Crippen LogP contribution in [-0.4, -0.2) is 34.5 Å². The summed E-state index contributed by atoms with van der Waals surface area (Å²) < 4.78 is 6.89. The first kappa shape index (κ1) is 17.3.